The van der Waals surface area contributed by atoms with Gasteiger partial charge in [-0.1, -0.05) is 103 Å². The summed E-state index contributed by atoms with van der Waals surface area (Å²) < 4.78 is 6.52. The van der Waals surface area contributed by atoms with Crippen LogP contribution >= 0.6 is 11.8 Å². The quantitative estimate of drug-likeness (QED) is 0.265. The van der Waals surface area contributed by atoms with Gasteiger partial charge in [0.05, 0.1) is 0 Å². The van der Waals surface area contributed by atoms with Crippen LogP contribution in [-0.2, 0) is 0 Å². The topological polar surface area (TPSA) is 13.1 Å². The monoisotopic (exact) mass is 452 g/mol. The van der Waals surface area contributed by atoms with Crippen LogP contribution in [0.3, 0.4) is 0 Å². The van der Waals surface area contributed by atoms with Gasteiger partial charge >= 0.3 is 0 Å². The molecule has 1 aliphatic heterocycles. The summed E-state index contributed by atoms with van der Waals surface area (Å²) in [5.74, 6) is 1.78. The van der Waals surface area contributed by atoms with E-state index in [1.54, 1.807) is 0 Å². The lowest BCUT2D eigenvalue weighted by Gasteiger charge is -2.21. The summed E-state index contributed by atoms with van der Waals surface area (Å²) in [7, 11) is 0. The van der Waals surface area contributed by atoms with Gasteiger partial charge in [-0.3, -0.25) is 0 Å². The molecule has 0 fully saturated rings. The molecule has 0 bridgehead atoms. The molecule has 0 radical (unpaired) electrons. The maximum absolute atomic E-state index is 6.52. The van der Waals surface area contributed by atoms with E-state index in [-0.39, 0.29) is 0 Å². The maximum Gasteiger partial charge on any atom is 0.135 e. The fraction of sp³-hybridized carbons (Fsp3) is 0. The summed E-state index contributed by atoms with van der Waals surface area (Å²) in [5.41, 5.74) is 7.20. The Morgan fingerprint density at radius 3 is 1.94 bits per heavy atom. The van der Waals surface area contributed by atoms with Crippen LogP contribution in [0.2, 0.25) is 0 Å². The second kappa shape index (κ2) is 7.79. The fourth-order valence-electron chi connectivity index (χ4n) is 4.99. The second-order valence-electron chi connectivity index (χ2n) is 8.51. The van der Waals surface area contributed by atoms with Gasteiger partial charge in [0.2, 0.25) is 0 Å². The Bertz CT molecular complexity index is 1680. The van der Waals surface area contributed by atoms with Crippen LogP contribution in [0.5, 0.6) is 0 Å². The van der Waals surface area contributed by atoms with Crippen molar-refractivity contribution in [3.8, 4) is 44.9 Å². The molecule has 0 N–H and O–H groups in total. The molecule has 6 aromatic rings. The first kappa shape index (κ1) is 19.5. The highest BCUT2D eigenvalue weighted by atomic mass is 32.2. The molecule has 0 saturated heterocycles. The van der Waals surface area contributed by atoms with E-state index < -0.39 is 0 Å². The van der Waals surface area contributed by atoms with Crippen LogP contribution in [-0.4, -0.2) is 0 Å². The van der Waals surface area contributed by atoms with E-state index in [2.05, 4.69) is 115 Å². The van der Waals surface area contributed by atoms with Gasteiger partial charge in [-0.2, -0.15) is 0 Å². The van der Waals surface area contributed by atoms with E-state index >= 15 is 0 Å². The lowest BCUT2D eigenvalue weighted by molar-refractivity contribution is 0.598. The molecule has 0 amide bonds. The Labute approximate surface area is 202 Å². The lowest BCUT2D eigenvalue weighted by Crippen LogP contribution is -1.93. The van der Waals surface area contributed by atoms with Gasteiger partial charge in [-0.25, -0.2) is 0 Å². The van der Waals surface area contributed by atoms with Crippen molar-refractivity contribution in [3.63, 3.8) is 0 Å². The van der Waals surface area contributed by atoms with Crippen LogP contribution in [0.1, 0.15) is 0 Å². The molecule has 160 valence electrons. The van der Waals surface area contributed by atoms with E-state index in [0.29, 0.717) is 0 Å². The van der Waals surface area contributed by atoms with Crippen LogP contribution in [0, 0.1) is 0 Å². The zero-order valence-corrected chi connectivity index (χ0v) is 19.2. The third-order valence-electron chi connectivity index (χ3n) is 6.55. The van der Waals surface area contributed by atoms with Gasteiger partial charge in [0.25, 0.3) is 0 Å². The Morgan fingerprint density at radius 1 is 0.412 bits per heavy atom. The summed E-state index contributed by atoms with van der Waals surface area (Å²) >= 11 is 1.85. The van der Waals surface area contributed by atoms with Crippen molar-refractivity contribution in [2.75, 3.05) is 0 Å². The highest BCUT2D eigenvalue weighted by molar-refractivity contribution is 7.99. The van der Waals surface area contributed by atoms with Crippen molar-refractivity contribution in [2.45, 2.75) is 9.79 Å². The van der Waals surface area contributed by atoms with Crippen molar-refractivity contribution >= 4 is 22.5 Å². The lowest BCUT2D eigenvalue weighted by atomic mass is 9.94. The van der Waals surface area contributed by atoms with E-state index in [9.17, 15) is 0 Å². The summed E-state index contributed by atoms with van der Waals surface area (Å²) in [4.78, 5) is 2.61. The Kier molecular flexibility index (Phi) is 4.46. The molecule has 0 spiro atoms. The van der Waals surface area contributed by atoms with Gasteiger partial charge in [0.1, 0.15) is 11.5 Å². The smallest absolute Gasteiger partial charge is 0.135 e. The predicted molar refractivity (Wildman–Crippen MR) is 142 cm³/mol. The van der Waals surface area contributed by atoms with Crippen LogP contribution < -0.4 is 0 Å². The van der Waals surface area contributed by atoms with Crippen molar-refractivity contribution < 1.29 is 4.42 Å². The van der Waals surface area contributed by atoms with Gasteiger partial charge in [0, 0.05) is 26.3 Å². The van der Waals surface area contributed by atoms with E-state index in [1.807, 2.05) is 17.8 Å². The van der Waals surface area contributed by atoms with Gasteiger partial charge < -0.3 is 4.42 Å². The molecule has 5 aromatic carbocycles. The molecule has 0 atom stereocenters. The van der Waals surface area contributed by atoms with E-state index in [1.165, 1.54) is 42.8 Å². The molecule has 1 aromatic heterocycles. The summed E-state index contributed by atoms with van der Waals surface area (Å²) in [6, 6.07) is 42.8. The minimum absolute atomic E-state index is 0.884. The minimum Gasteiger partial charge on any atom is -0.456 e. The van der Waals surface area contributed by atoms with E-state index in [0.717, 1.165) is 22.6 Å². The van der Waals surface area contributed by atoms with Crippen LogP contribution in [0.25, 0.3) is 55.7 Å². The van der Waals surface area contributed by atoms with Gasteiger partial charge in [-0.15, -0.1) is 0 Å². The number of benzene rings is 5. The molecule has 0 aliphatic carbocycles. The van der Waals surface area contributed by atoms with Crippen LogP contribution in [0.15, 0.2) is 136 Å². The normalized spacial score (nSPS) is 12.0. The largest absolute Gasteiger partial charge is 0.456 e. The molecule has 2 heterocycles. The number of fused-ring (bicyclic) bond motifs is 2. The average molecular weight is 453 g/mol. The average Bonchev–Trinajstić information content (AvgIpc) is 3.39. The van der Waals surface area contributed by atoms with Crippen LogP contribution in [0.4, 0.5) is 0 Å². The number of rotatable bonds is 3. The Morgan fingerprint density at radius 2 is 1.09 bits per heavy atom. The molecule has 7 rings (SSSR count). The standard InChI is InChI=1S/C32H20OS/c1-2-9-21(10-3-1)22-11-4-5-12-23(22)28-18-19-29(33-28)24-17-20-31-32-26(24)14-8-15-27(32)25-13-6-7-16-30(25)34-31/h1-20H. The first-order valence-electron chi connectivity index (χ1n) is 11.4. The summed E-state index contributed by atoms with van der Waals surface area (Å²) in [6.45, 7) is 0. The van der Waals surface area contributed by atoms with E-state index in [4.69, 9.17) is 4.42 Å². The molecule has 0 unspecified atom stereocenters. The zero-order valence-electron chi connectivity index (χ0n) is 18.4. The number of hydrogen-bond donors (Lipinski definition) is 0. The third kappa shape index (κ3) is 3.03. The maximum atomic E-state index is 6.52. The SMILES string of the molecule is c1ccc(-c2ccccc2-c2ccc(-c3ccc4c5c(cccc35)-c3ccccc3S4)o2)cc1. The van der Waals surface area contributed by atoms with Crippen molar-refractivity contribution in [3.05, 3.63) is 121 Å². The number of furan rings is 1. The first-order chi connectivity index (χ1) is 16.9. The van der Waals surface area contributed by atoms with Crippen molar-refractivity contribution in [1.29, 1.82) is 0 Å². The third-order valence-corrected chi connectivity index (χ3v) is 7.68. The number of hydrogen-bond acceptors (Lipinski definition) is 2. The molecular weight excluding hydrogens is 432 g/mol. The molecular formula is C32H20OS. The molecule has 1 nitrogen and oxygen atoms in total. The molecule has 0 saturated carbocycles. The van der Waals surface area contributed by atoms with Crippen molar-refractivity contribution in [1.82, 2.24) is 0 Å². The predicted octanol–water partition coefficient (Wildman–Crippen LogP) is 9.57. The summed E-state index contributed by atoms with van der Waals surface area (Å²) in [5, 5.41) is 2.54. The fourth-order valence-corrected chi connectivity index (χ4v) is 6.12. The first-order valence-corrected chi connectivity index (χ1v) is 12.3. The minimum atomic E-state index is 0.884. The highest BCUT2D eigenvalue weighted by Crippen LogP contribution is 2.49. The molecule has 2 heteroatoms. The zero-order chi connectivity index (χ0) is 22.5. The molecule has 1 aliphatic rings. The van der Waals surface area contributed by atoms with Gasteiger partial charge in [0.15, 0.2) is 0 Å². The highest BCUT2D eigenvalue weighted by Gasteiger charge is 2.21. The molecule has 34 heavy (non-hydrogen) atoms. The van der Waals surface area contributed by atoms with Gasteiger partial charge in [-0.05, 0) is 58.0 Å². The second-order valence-corrected chi connectivity index (χ2v) is 9.60. The summed E-state index contributed by atoms with van der Waals surface area (Å²) in [6.07, 6.45) is 0. The Hall–Kier alpha value is -4.01. The Balaban J connectivity index is 1.38. The van der Waals surface area contributed by atoms with Crippen molar-refractivity contribution in [2.24, 2.45) is 0 Å².